The number of nitrogens with one attached hydrogen (secondary N) is 1. The zero-order chi connectivity index (χ0) is 11.9. The van der Waals surface area contributed by atoms with Gasteiger partial charge in [-0.25, -0.2) is 4.98 Å². The summed E-state index contributed by atoms with van der Waals surface area (Å²) in [4.78, 5) is 3.99. The summed E-state index contributed by atoms with van der Waals surface area (Å²) >= 11 is 1.61. The van der Waals surface area contributed by atoms with Crippen molar-refractivity contribution in [2.75, 3.05) is 13.1 Å². The molecule has 2 aromatic rings. The molecule has 2 aromatic heterocycles. The molecule has 0 aromatic carbocycles. The number of imidazole rings is 1. The van der Waals surface area contributed by atoms with Crippen molar-refractivity contribution in [3.05, 3.63) is 41.1 Å². The molecular formula is C12H17N3OS. The fraction of sp³-hybridized carbons (Fsp3) is 0.417. The van der Waals surface area contributed by atoms with E-state index in [1.807, 2.05) is 29.4 Å². The van der Waals surface area contributed by atoms with Crippen LogP contribution in [-0.2, 0) is 6.54 Å². The van der Waals surface area contributed by atoms with Crippen LogP contribution in [0.2, 0.25) is 0 Å². The van der Waals surface area contributed by atoms with Gasteiger partial charge < -0.3 is 15.0 Å². The van der Waals surface area contributed by atoms with E-state index in [4.69, 9.17) is 0 Å². The third kappa shape index (κ3) is 3.96. The molecule has 0 aliphatic rings. The van der Waals surface area contributed by atoms with Gasteiger partial charge in [0.05, 0.1) is 12.4 Å². The smallest absolute Gasteiger partial charge is 0.0945 e. The van der Waals surface area contributed by atoms with Gasteiger partial charge in [0.2, 0.25) is 0 Å². The lowest BCUT2D eigenvalue weighted by molar-refractivity contribution is 0.175. The molecule has 0 radical (unpaired) electrons. The number of aliphatic hydroxyl groups excluding tert-OH is 1. The summed E-state index contributed by atoms with van der Waals surface area (Å²) in [6.45, 7) is 2.47. The molecule has 2 N–H and O–H groups in total. The Labute approximate surface area is 105 Å². The van der Waals surface area contributed by atoms with Crippen LogP contribution in [0.1, 0.15) is 18.1 Å². The van der Waals surface area contributed by atoms with Crippen molar-refractivity contribution >= 4 is 11.3 Å². The maximum absolute atomic E-state index is 9.82. The van der Waals surface area contributed by atoms with Crippen molar-refractivity contribution in [2.45, 2.75) is 19.1 Å². The third-order valence-electron chi connectivity index (χ3n) is 2.59. The van der Waals surface area contributed by atoms with Crippen LogP contribution in [-0.4, -0.2) is 27.7 Å². The molecule has 1 atom stereocenters. The second-order valence-corrected chi connectivity index (χ2v) is 4.71. The van der Waals surface area contributed by atoms with Crippen molar-refractivity contribution in [3.63, 3.8) is 0 Å². The van der Waals surface area contributed by atoms with Crippen molar-refractivity contribution in [1.29, 1.82) is 0 Å². The van der Waals surface area contributed by atoms with E-state index in [1.54, 1.807) is 17.5 Å². The summed E-state index contributed by atoms with van der Waals surface area (Å²) in [6.07, 6.45) is 6.20. The zero-order valence-corrected chi connectivity index (χ0v) is 10.4. The minimum Gasteiger partial charge on any atom is -0.387 e. The van der Waals surface area contributed by atoms with Gasteiger partial charge in [0.1, 0.15) is 0 Å². The Morgan fingerprint density at radius 3 is 3.18 bits per heavy atom. The van der Waals surface area contributed by atoms with E-state index in [0.29, 0.717) is 6.54 Å². The van der Waals surface area contributed by atoms with Gasteiger partial charge in [-0.15, -0.1) is 0 Å². The fourth-order valence-electron chi connectivity index (χ4n) is 1.63. The molecule has 1 unspecified atom stereocenters. The molecule has 0 spiro atoms. The van der Waals surface area contributed by atoms with Gasteiger partial charge in [0.15, 0.2) is 0 Å². The molecule has 0 bridgehead atoms. The third-order valence-corrected chi connectivity index (χ3v) is 3.30. The van der Waals surface area contributed by atoms with E-state index in [2.05, 4.69) is 14.9 Å². The Morgan fingerprint density at radius 1 is 1.53 bits per heavy atom. The minimum atomic E-state index is -0.394. The number of aromatic nitrogens is 2. The molecule has 2 heterocycles. The highest BCUT2D eigenvalue weighted by molar-refractivity contribution is 7.07. The van der Waals surface area contributed by atoms with Crippen LogP contribution >= 0.6 is 11.3 Å². The highest BCUT2D eigenvalue weighted by Crippen LogP contribution is 2.14. The molecule has 5 heteroatoms. The van der Waals surface area contributed by atoms with Crippen LogP contribution in [0.4, 0.5) is 0 Å². The van der Waals surface area contributed by atoms with Gasteiger partial charge in [-0.3, -0.25) is 0 Å². The molecular weight excluding hydrogens is 234 g/mol. The highest BCUT2D eigenvalue weighted by Gasteiger charge is 2.06. The molecule has 0 saturated heterocycles. The normalized spacial score (nSPS) is 12.8. The quantitative estimate of drug-likeness (QED) is 0.736. The molecule has 0 fully saturated rings. The van der Waals surface area contributed by atoms with Crippen LogP contribution in [0, 0.1) is 0 Å². The summed E-state index contributed by atoms with van der Waals surface area (Å²) in [5.74, 6) is 0. The number of rotatable bonds is 7. The van der Waals surface area contributed by atoms with E-state index >= 15 is 0 Å². The second-order valence-electron chi connectivity index (χ2n) is 3.93. The average molecular weight is 251 g/mol. The number of aliphatic hydroxyl groups is 1. The number of nitrogens with zero attached hydrogens (tertiary/aromatic N) is 2. The van der Waals surface area contributed by atoms with E-state index in [9.17, 15) is 5.11 Å². The molecule has 2 rings (SSSR count). The Bertz CT molecular complexity index is 399. The zero-order valence-electron chi connectivity index (χ0n) is 9.62. The van der Waals surface area contributed by atoms with E-state index < -0.39 is 6.10 Å². The maximum atomic E-state index is 9.82. The summed E-state index contributed by atoms with van der Waals surface area (Å²) < 4.78 is 2.05. The lowest BCUT2D eigenvalue weighted by atomic mass is 10.2. The lowest BCUT2D eigenvalue weighted by Crippen LogP contribution is -2.23. The summed E-state index contributed by atoms with van der Waals surface area (Å²) in [5.41, 5.74) is 0.997. The number of aryl methyl sites for hydroxylation is 1. The van der Waals surface area contributed by atoms with Gasteiger partial charge in [0, 0.05) is 25.5 Å². The lowest BCUT2D eigenvalue weighted by Gasteiger charge is -2.10. The van der Waals surface area contributed by atoms with Crippen LogP contribution < -0.4 is 5.32 Å². The topological polar surface area (TPSA) is 50.1 Å². The summed E-state index contributed by atoms with van der Waals surface area (Å²) in [7, 11) is 0. The summed E-state index contributed by atoms with van der Waals surface area (Å²) in [5, 5.41) is 17.0. The van der Waals surface area contributed by atoms with Crippen LogP contribution in [0.3, 0.4) is 0 Å². The molecule has 0 amide bonds. The largest absolute Gasteiger partial charge is 0.387 e. The molecule has 4 nitrogen and oxygen atoms in total. The Morgan fingerprint density at radius 2 is 2.47 bits per heavy atom. The SMILES string of the molecule is OC(CNCCCn1ccnc1)c1ccsc1. The number of hydrogen-bond acceptors (Lipinski definition) is 4. The number of thiophene rings is 1. The van der Waals surface area contributed by atoms with Gasteiger partial charge in [-0.1, -0.05) is 0 Å². The Kier molecular flexibility index (Phi) is 4.73. The highest BCUT2D eigenvalue weighted by atomic mass is 32.1. The van der Waals surface area contributed by atoms with E-state index in [1.165, 1.54) is 0 Å². The second kappa shape index (κ2) is 6.54. The van der Waals surface area contributed by atoms with Gasteiger partial charge in [0.25, 0.3) is 0 Å². The van der Waals surface area contributed by atoms with Crippen LogP contribution in [0.25, 0.3) is 0 Å². The van der Waals surface area contributed by atoms with E-state index in [0.717, 1.165) is 25.1 Å². The van der Waals surface area contributed by atoms with Crippen molar-refractivity contribution in [1.82, 2.24) is 14.9 Å². The van der Waals surface area contributed by atoms with Gasteiger partial charge in [-0.2, -0.15) is 11.3 Å². The standard InChI is InChI=1S/C12H17N3OS/c16-12(11-2-7-17-9-11)8-13-3-1-5-15-6-4-14-10-15/h2,4,6-7,9-10,12-13,16H,1,3,5,8H2. The predicted octanol–water partition coefficient (Wildman–Crippen LogP) is 1.66. The molecule has 92 valence electrons. The van der Waals surface area contributed by atoms with Gasteiger partial charge in [-0.05, 0) is 35.4 Å². The van der Waals surface area contributed by atoms with Crippen molar-refractivity contribution < 1.29 is 5.11 Å². The molecule has 0 saturated carbocycles. The van der Waals surface area contributed by atoms with Crippen LogP contribution in [0.5, 0.6) is 0 Å². The minimum absolute atomic E-state index is 0.394. The predicted molar refractivity (Wildman–Crippen MR) is 69.0 cm³/mol. The van der Waals surface area contributed by atoms with Crippen molar-refractivity contribution in [3.8, 4) is 0 Å². The van der Waals surface area contributed by atoms with Crippen molar-refractivity contribution in [2.24, 2.45) is 0 Å². The molecule has 0 aliphatic carbocycles. The first kappa shape index (κ1) is 12.3. The first-order chi connectivity index (χ1) is 8.36. The van der Waals surface area contributed by atoms with E-state index in [-0.39, 0.29) is 0 Å². The first-order valence-corrected chi connectivity index (χ1v) is 6.67. The number of hydrogen-bond donors (Lipinski definition) is 2. The van der Waals surface area contributed by atoms with Crippen LogP contribution in [0.15, 0.2) is 35.5 Å². The average Bonchev–Trinajstić information content (AvgIpc) is 3.01. The Balaban J connectivity index is 1.57. The first-order valence-electron chi connectivity index (χ1n) is 5.73. The Hall–Kier alpha value is -1.17. The molecule has 0 aliphatic heterocycles. The maximum Gasteiger partial charge on any atom is 0.0945 e. The molecule has 17 heavy (non-hydrogen) atoms. The fourth-order valence-corrected chi connectivity index (χ4v) is 2.33. The van der Waals surface area contributed by atoms with Gasteiger partial charge >= 0.3 is 0 Å². The summed E-state index contributed by atoms with van der Waals surface area (Å²) in [6, 6.07) is 1.96. The monoisotopic (exact) mass is 251 g/mol.